The van der Waals surface area contributed by atoms with Gasteiger partial charge in [-0.15, -0.1) is 0 Å². The van der Waals surface area contributed by atoms with Crippen LogP contribution in [-0.2, 0) is 17.8 Å². The van der Waals surface area contributed by atoms with Crippen LogP contribution in [0.25, 0.3) is 10.9 Å². The number of fused-ring (bicyclic) bond motifs is 1. The number of benzene rings is 2. The average Bonchev–Trinajstić information content (AvgIpc) is 3.28. The van der Waals surface area contributed by atoms with Crippen molar-refractivity contribution >= 4 is 22.5 Å². The predicted octanol–water partition coefficient (Wildman–Crippen LogP) is 4.61. The fraction of sp³-hybridized carbons (Fsp3) is 0.250. The van der Waals surface area contributed by atoms with Crippen LogP contribution in [-0.4, -0.2) is 27.8 Å². The number of para-hydroxylation sites is 1. The topological polar surface area (TPSA) is 71.9 Å². The smallest absolute Gasteiger partial charge is 0.224 e. The van der Waals surface area contributed by atoms with Crippen LogP contribution in [0.4, 0.5) is 5.69 Å². The number of rotatable bonds is 7. The Morgan fingerprint density at radius 2 is 2.00 bits per heavy atom. The second-order valence-electron chi connectivity index (χ2n) is 7.46. The minimum Gasteiger partial charge on any atom is -0.497 e. The van der Waals surface area contributed by atoms with Crippen molar-refractivity contribution in [2.45, 2.75) is 33.2 Å². The first-order valence-electron chi connectivity index (χ1n) is 10.1. The summed E-state index contributed by atoms with van der Waals surface area (Å²) in [7, 11) is 1.66. The van der Waals surface area contributed by atoms with E-state index in [0.717, 1.165) is 39.5 Å². The maximum Gasteiger partial charge on any atom is 0.224 e. The molecule has 0 spiro atoms. The van der Waals surface area contributed by atoms with E-state index in [2.05, 4.69) is 21.5 Å². The van der Waals surface area contributed by atoms with Crippen LogP contribution in [0.5, 0.6) is 5.75 Å². The molecule has 2 aromatic carbocycles. The zero-order valence-electron chi connectivity index (χ0n) is 17.5. The van der Waals surface area contributed by atoms with Crippen molar-refractivity contribution in [3.05, 3.63) is 77.2 Å². The number of nitrogens with zero attached hydrogens (tertiary/aromatic N) is 2. The van der Waals surface area contributed by atoms with E-state index in [4.69, 9.17) is 4.74 Å². The number of H-pyrrole nitrogens is 1. The molecule has 0 fully saturated rings. The number of aromatic nitrogens is 3. The summed E-state index contributed by atoms with van der Waals surface area (Å²) < 4.78 is 7.22. The summed E-state index contributed by atoms with van der Waals surface area (Å²) in [6, 6.07) is 16.1. The molecule has 2 N–H and O–H groups in total. The quantitative estimate of drug-likeness (QED) is 0.474. The summed E-state index contributed by atoms with van der Waals surface area (Å²) >= 11 is 0. The van der Waals surface area contributed by atoms with Gasteiger partial charge in [-0.25, -0.2) is 0 Å². The largest absolute Gasteiger partial charge is 0.497 e. The summed E-state index contributed by atoms with van der Waals surface area (Å²) in [6.07, 6.45) is 3.09. The molecule has 4 aromatic rings. The summed E-state index contributed by atoms with van der Waals surface area (Å²) in [5.41, 5.74) is 5.90. The number of carbonyl (C=O) groups excluding carboxylic acids is 1. The summed E-state index contributed by atoms with van der Waals surface area (Å²) in [6.45, 7) is 4.52. The maximum atomic E-state index is 12.6. The molecule has 154 valence electrons. The Balaban J connectivity index is 1.43. The van der Waals surface area contributed by atoms with E-state index in [0.29, 0.717) is 19.4 Å². The van der Waals surface area contributed by atoms with E-state index < -0.39 is 0 Å². The predicted molar refractivity (Wildman–Crippen MR) is 119 cm³/mol. The van der Waals surface area contributed by atoms with Crippen LogP contribution in [0, 0.1) is 13.8 Å². The molecule has 4 rings (SSSR count). The Labute approximate surface area is 175 Å². The van der Waals surface area contributed by atoms with Gasteiger partial charge < -0.3 is 15.0 Å². The zero-order chi connectivity index (χ0) is 21.1. The van der Waals surface area contributed by atoms with Gasteiger partial charge in [0, 0.05) is 23.5 Å². The minimum atomic E-state index is -0.00703. The van der Waals surface area contributed by atoms with Gasteiger partial charge in [-0.1, -0.05) is 30.3 Å². The molecular formula is C24H26N4O2. The Bertz CT molecular complexity index is 1190. The Morgan fingerprint density at radius 3 is 2.83 bits per heavy atom. The molecule has 30 heavy (non-hydrogen) atoms. The lowest BCUT2D eigenvalue weighted by Crippen LogP contribution is -2.13. The molecule has 2 heterocycles. The van der Waals surface area contributed by atoms with Crippen molar-refractivity contribution in [1.82, 2.24) is 14.8 Å². The molecule has 0 aliphatic heterocycles. The second kappa shape index (κ2) is 8.45. The summed E-state index contributed by atoms with van der Waals surface area (Å²) in [4.78, 5) is 15.9. The van der Waals surface area contributed by atoms with Gasteiger partial charge in [-0.05, 0) is 49.6 Å². The summed E-state index contributed by atoms with van der Waals surface area (Å²) in [5.74, 6) is 0.812. The highest BCUT2D eigenvalue weighted by Gasteiger charge is 2.15. The molecular weight excluding hydrogens is 376 g/mol. The monoisotopic (exact) mass is 402 g/mol. The first-order chi connectivity index (χ1) is 14.5. The van der Waals surface area contributed by atoms with Gasteiger partial charge in [0.05, 0.1) is 30.7 Å². The Morgan fingerprint density at radius 1 is 1.17 bits per heavy atom. The third-order valence-electron chi connectivity index (χ3n) is 5.41. The van der Waals surface area contributed by atoms with Crippen LogP contribution < -0.4 is 10.1 Å². The molecule has 0 saturated heterocycles. The maximum absolute atomic E-state index is 12.6. The highest BCUT2D eigenvalue weighted by molar-refractivity contribution is 5.92. The second-order valence-corrected chi connectivity index (χ2v) is 7.46. The third kappa shape index (κ3) is 4.08. The lowest BCUT2D eigenvalue weighted by molar-refractivity contribution is -0.116. The fourth-order valence-electron chi connectivity index (χ4n) is 3.76. The van der Waals surface area contributed by atoms with E-state index in [1.54, 1.807) is 7.11 Å². The van der Waals surface area contributed by atoms with Crippen LogP contribution in [0.1, 0.15) is 28.9 Å². The number of ether oxygens (including phenoxy) is 1. The zero-order valence-corrected chi connectivity index (χ0v) is 17.5. The number of amides is 1. The lowest BCUT2D eigenvalue weighted by atomic mass is 10.1. The van der Waals surface area contributed by atoms with Gasteiger partial charge in [0.2, 0.25) is 5.91 Å². The fourth-order valence-corrected chi connectivity index (χ4v) is 3.76. The van der Waals surface area contributed by atoms with Crippen molar-refractivity contribution in [2.24, 2.45) is 0 Å². The van der Waals surface area contributed by atoms with E-state index in [-0.39, 0.29) is 5.91 Å². The van der Waals surface area contributed by atoms with Crippen LogP contribution in [0.2, 0.25) is 0 Å². The van der Waals surface area contributed by atoms with Crippen molar-refractivity contribution in [3.8, 4) is 5.75 Å². The number of aromatic amines is 1. The molecule has 0 unspecified atom stereocenters. The lowest BCUT2D eigenvalue weighted by Gasteiger charge is -2.08. The molecule has 2 aromatic heterocycles. The standard InChI is InChI=1S/C24H26N4O2/c1-16-24(17(2)28(27-16)15-18-7-6-8-20(13-18)30-3)26-23(29)12-11-19-14-25-22-10-5-4-9-21(19)22/h4-10,13-14,25H,11-12,15H2,1-3H3,(H,26,29). The molecule has 6 heteroatoms. The molecule has 0 atom stereocenters. The highest BCUT2D eigenvalue weighted by atomic mass is 16.5. The minimum absolute atomic E-state index is 0.00703. The SMILES string of the molecule is COc1cccc(Cn2nc(C)c(NC(=O)CCc3c[nH]c4ccccc34)c2C)c1. The van der Waals surface area contributed by atoms with Crippen molar-refractivity contribution in [1.29, 1.82) is 0 Å². The number of methoxy groups -OCH3 is 1. The molecule has 6 nitrogen and oxygen atoms in total. The van der Waals surface area contributed by atoms with Crippen LogP contribution in [0.15, 0.2) is 54.7 Å². The van der Waals surface area contributed by atoms with Crippen molar-refractivity contribution in [2.75, 3.05) is 12.4 Å². The van der Waals surface area contributed by atoms with E-state index in [1.807, 2.05) is 67.2 Å². The Kier molecular flexibility index (Phi) is 5.57. The van der Waals surface area contributed by atoms with Gasteiger partial charge in [-0.2, -0.15) is 5.10 Å². The van der Waals surface area contributed by atoms with Gasteiger partial charge in [-0.3, -0.25) is 9.48 Å². The molecule has 0 bridgehead atoms. The van der Waals surface area contributed by atoms with E-state index in [1.165, 1.54) is 5.39 Å². The number of hydrogen-bond acceptors (Lipinski definition) is 3. The summed E-state index contributed by atoms with van der Waals surface area (Å²) in [5, 5.41) is 8.85. The molecule has 0 saturated carbocycles. The van der Waals surface area contributed by atoms with Gasteiger partial charge in [0.1, 0.15) is 5.75 Å². The first kappa shape index (κ1) is 19.8. The first-order valence-corrected chi connectivity index (χ1v) is 10.1. The number of aryl methyl sites for hydroxylation is 2. The number of anilines is 1. The van der Waals surface area contributed by atoms with Crippen LogP contribution >= 0.6 is 0 Å². The number of hydrogen-bond donors (Lipinski definition) is 2. The van der Waals surface area contributed by atoms with Gasteiger partial charge in [0.15, 0.2) is 0 Å². The van der Waals surface area contributed by atoms with Crippen molar-refractivity contribution in [3.63, 3.8) is 0 Å². The molecule has 0 radical (unpaired) electrons. The van der Waals surface area contributed by atoms with Crippen LogP contribution in [0.3, 0.4) is 0 Å². The normalized spacial score (nSPS) is 11.0. The highest BCUT2D eigenvalue weighted by Crippen LogP contribution is 2.23. The average molecular weight is 402 g/mol. The number of nitrogens with one attached hydrogen (secondary N) is 2. The molecule has 1 amide bonds. The molecule has 0 aliphatic rings. The van der Waals surface area contributed by atoms with E-state index in [9.17, 15) is 4.79 Å². The molecule has 0 aliphatic carbocycles. The van der Waals surface area contributed by atoms with Crippen molar-refractivity contribution < 1.29 is 9.53 Å². The van der Waals surface area contributed by atoms with E-state index >= 15 is 0 Å². The van der Waals surface area contributed by atoms with Gasteiger partial charge >= 0.3 is 0 Å². The third-order valence-corrected chi connectivity index (χ3v) is 5.41. The Hall–Kier alpha value is -3.54. The number of carbonyl (C=O) groups is 1. The van der Waals surface area contributed by atoms with Gasteiger partial charge in [0.25, 0.3) is 0 Å².